The van der Waals surface area contributed by atoms with Crippen molar-refractivity contribution in [3.05, 3.63) is 5.89 Å². The molecule has 0 bridgehead atoms. The third-order valence-corrected chi connectivity index (χ3v) is 2.65. The summed E-state index contributed by atoms with van der Waals surface area (Å²) in [6, 6.07) is 0.334. The molecule has 2 N–H and O–H groups in total. The van der Waals surface area contributed by atoms with Gasteiger partial charge in [0.05, 0.1) is 6.04 Å². The predicted octanol–water partition coefficient (Wildman–Crippen LogP) is 0.558. The summed E-state index contributed by atoms with van der Waals surface area (Å²) >= 11 is 0. The number of anilines is 1. The van der Waals surface area contributed by atoms with Gasteiger partial charge in [0.25, 0.3) is 0 Å². The van der Waals surface area contributed by atoms with Crippen LogP contribution in [0.4, 0.5) is 6.01 Å². The van der Waals surface area contributed by atoms with E-state index in [4.69, 9.17) is 4.42 Å². The van der Waals surface area contributed by atoms with Crippen molar-refractivity contribution in [1.82, 2.24) is 20.8 Å². The van der Waals surface area contributed by atoms with Crippen LogP contribution in [0.2, 0.25) is 0 Å². The summed E-state index contributed by atoms with van der Waals surface area (Å²) in [5.74, 6) is 0.880. The Balaban J connectivity index is 2.51. The Hall–Kier alpha value is -1.63. The van der Waals surface area contributed by atoms with Gasteiger partial charge in [-0.05, 0) is 19.9 Å². The first-order chi connectivity index (χ1) is 8.93. The lowest BCUT2D eigenvalue weighted by Gasteiger charge is -2.14. The molecule has 1 rings (SSSR count). The molecule has 7 nitrogen and oxygen atoms in total. The van der Waals surface area contributed by atoms with E-state index in [2.05, 4.69) is 20.8 Å². The van der Waals surface area contributed by atoms with Crippen molar-refractivity contribution in [1.29, 1.82) is 0 Å². The Morgan fingerprint density at radius 3 is 2.63 bits per heavy atom. The molecule has 1 aromatic heterocycles. The minimum atomic E-state index is -0.0578. The number of hydrogen-bond acceptors (Lipinski definition) is 6. The third-order valence-electron chi connectivity index (χ3n) is 2.65. The fourth-order valence-electron chi connectivity index (χ4n) is 1.34. The van der Waals surface area contributed by atoms with E-state index in [-0.39, 0.29) is 18.5 Å². The molecule has 0 aliphatic carbocycles. The Kier molecular flexibility index (Phi) is 5.75. The SMILES string of the molecule is CNC(C)c1nnc(N(C)CC(=O)NCC(C)C)o1. The zero-order chi connectivity index (χ0) is 14.4. The summed E-state index contributed by atoms with van der Waals surface area (Å²) in [6.45, 7) is 6.88. The standard InChI is InChI=1S/C12H23N5O2/c1-8(2)6-14-10(18)7-17(5)12-16-15-11(19-12)9(3)13-4/h8-9,13H,6-7H2,1-5H3,(H,14,18). The van der Waals surface area contributed by atoms with Gasteiger partial charge in [0.2, 0.25) is 11.8 Å². The van der Waals surface area contributed by atoms with Gasteiger partial charge in [-0.15, -0.1) is 5.10 Å². The Bertz CT molecular complexity index is 405. The molecule has 1 amide bonds. The van der Waals surface area contributed by atoms with Crippen molar-refractivity contribution in [3.8, 4) is 0 Å². The maximum Gasteiger partial charge on any atom is 0.318 e. The highest BCUT2D eigenvalue weighted by Gasteiger charge is 2.16. The first kappa shape index (κ1) is 15.4. The van der Waals surface area contributed by atoms with Gasteiger partial charge >= 0.3 is 6.01 Å². The van der Waals surface area contributed by atoms with Crippen molar-refractivity contribution in [3.63, 3.8) is 0 Å². The molecular formula is C12H23N5O2. The van der Waals surface area contributed by atoms with Gasteiger partial charge in [0, 0.05) is 13.6 Å². The summed E-state index contributed by atoms with van der Waals surface area (Å²) < 4.78 is 5.49. The minimum Gasteiger partial charge on any atom is -0.406 e. The summed E-state index contributed by atoms with van der Waals surface area (Å²) in [5, 5.41) is 13.7. The molecule has 7 heteroatoms. The average molecular weight is 269 g/mol. The lowest BCUT2D eigenvalue weighted by atomic mass is 10.2. The zero-order valence-corrected chi connectivity index (χ0v) is 12.2. The highest BCUT2D eigenvalue weighted by molar-refractivity contribution is 5.80. The highest BCUT2D eigenvalue weighted by Crippen LogP contribution is 2.15. The number of nitrogens with zero attached hydrogens (tertiary/aromatic N) is 3. The van der Waals surface area contributed by atoms with Crippen molar-refractivity contribution >= 4 is 11.9 Å². The van der Waals surface area contributed by atoms with Crippen LogP contribution in [0.5, 0.6) is 0 Å². The van der Waals surface area contributed by atoms with Crippen molar-refractivity contribution in [2.75, 3.05) is 32.1 Å². The third kappa shape index (κ3) is 4.86. The Morgan fingerprint density at radius 2 is 2.05 bits per heavy atom. The Morgan fingerprint density at radius 1 is 1.37 bits per heavy atom. The molecule has 0 saturated carbocycles. The van der Waals surface area contributed by atoms with E-state index in [1.54, 1.807) is 11.9 Å². The van der Waals surface area contributed by atoms with Crippen molar-refractivity contribution in [2.24, 2.45) is 5.92 Å². The number of nitrogens with one attached hydrogen (secondary N) is 2. The Labute approximate surface area is 113 Å². The van der Waals surface area contributed by atoms with E-state index in [0.717, 1.165) is 0 Å². The van der Waals surface area contributed by atoms with E-state index < -0.39 is 0 Å². The summed E-state index contributed by atoms with van der Waals surface area (Å²) in [5.41, 5.74) is 0. The van der Waals surface area contributed by atoms with Crippen LogP contribution in [-0.2, 0) is 4.79 Å². The highest BCUT2D eigenvalue weighted by atomic mass is 16.4. The van der Waals surface area contributed by atoms with E-state index >= 15 is 0 Å². The fourth-order valence-corrected chi connectivity index (χ4v) is 1.34. The zero-order valence-electron chi connectivity index (χ0n) is 12.2. The van der Waals surface area contributed by atoms with Crippen LogP contribution in [0, 0.1) is 5.92 Å². The predicted molar refractivity (Wildman–Crippen MR) is 72.9 cm³/mol. The number of hydrogen-bond donors (Lipinski definition) is 2. The summed E-state index contributed by atoms with van der Waals surface area (Å²) in [7, 11) is 3.56. The molecule has 108 valence electrons. The first-order valence-corrected chi connectivity index (χ1v) is 6.42. The molecule has 0 fully saturated rings. The average Bonchev–Trinajstić information content (AvgIpc) is 2.85. The second-order valence-corrected chi connectivity index (χ2v) is 4.99. The van der Waals surface area contributed by atoms with Crippen LogP contribution in [-0.4, -0.2) is 43.3 Å². The van der Waals surface area contributed by atoms with E-state index in [0.29, 0.717) is 24.4 Å². The van der Waals surface area contributed by atoms with E-state index in [1.165, 1.54) is 0 Å². The maximum absolute atomic E-state index is 11.7. The number of rotatable bonds is 7. The molecule has 0 spiro atoms. The van der Waals surface area contributed by atoms with E-state index in [9.17, 15) is 4.79 Å². The minimum absolute atomic E-state index is 0.00980. The van der Waals surface area contributed by atoms with Crippen LogP contribution in [0.1, 0.15) is 32.7 Å². The number of aromatic nitrogens is 2. The van der Waals surface area contributed by atoms with Crippen LogP contribution >= 0.6 is 0 Å². The molecule has 0 radical (unpaired) electrons. The van der Waals surface area contributed by atoms with Gasteiger partial charge in [0.1, 0.15) is 6.54 Å². The first-order valence-electron chi connectivity index (χ1n) is 6.42. The molecular weight excluding hydrogens is 246 g/mol. The fraction of sp³-hybridized carbons (Fsp3) is 0.750. The lowest BCUT2D eigenvalue weighted by molar-refractivity contribution is -0.119. The van der Waals surface area contributed by atoms with Gasteiger partial charge < -0.3 is 20.0 Å². The second-order valence-electron chi connectivity index (χ2n) is 4.99. The molecule has 0 aromatic carbocycles. The monoisotopic (exact) mass is 269 g/mol. The maximum atomic E-state index is 11.7. The quantitative estimate of drug-likeness (QED) is 0.752. The molecule has 1 atom stereocenters. The van der Waals surface area contributed by atoms with Crippen LogP contribution in [0.3, 0.4) is 0 Å². The molecule has 0 aliphatic heterocycles. The van der Waals surface area contributed by atoms with Gasteiger partial charge in [-0.25, -0.2) is 0 Å². The summed E-state index contributed by atoms with van der Waals surface area (Å²) in [4.78, 5) is 13.3. The van der Waals surface area contributed by atoms with Crippen molar-refractivity contribution in [2.45, 2.75) is 26.8 Å². The number of carbonyl (C=O) groups is 1. The molecule has 0 saturated heterocycles. The van der Waals surface area contributed by atoms with Crippen LogP contribution < -0.4 is 15.5 Å². The number of likely N-dealkylation sites (N-methyl/N-ethyl adjacent to an activating group) is 1. The second kappa shape index (κ2) is 7.08. The van der Waals surface area contributed by atoms with E-state index in [1.807, 2.05) is 27.8 Å². The molecule has 19 heavy (non-hydrogen) atoms. The molecule has 1 aromatic rings. The van der Waals surface area contributed by atoms with Crippen LogP contribution in [0.25, 0.3) is 0 Å². The van der Waals surface area contributed by atoms with Gasteiger partial charge in [-0.3, -0.25) is 4.79 Å². The summed E-state index contributed by atoms with van der Waals surface area (Å²) in [6.07, 6.45) is 0. The molecule has 1 unspecified atom stereocenters. The smallest absolute Gasteiger partial charge is 0.318 e. The van der Waals surface area contributed by atoms with Crippen LogP contribution in [0.15, 0.2) is 4.42 Å². The number of carbonyl (C=O) groups excluding carboxylic acids is 1. The topological polar surface area (TPSA) is 83.3 Å². The molecule has 1 heterocycles. The normalized spacial score (nSPS) is 12.5. The molecule has 0 aliphatic rings. The van der Waals surface area contributed by atoms with Crippen molar-refractivity contribution < 1.29 is 9.21 Å². The number of amides is 1. The van der Waals surface area contributed by atoms with Gasteiger partial charge in [-0.1, -0.05) is 18.9 Å². The lowest BCUT2D eigenvalue weighted by Crippen LogP contribution is -2.37. The van der Waals surface area contributed by atoms with Gasteiger partial charge in [0.15, 0.2) is 0 Å². The van der Waals surface area contributed by atoms with Gasteiger partial charge in [-0.2, -0.15) is 0 Å². The largest absolute Gasteiger partial charge is 0.406 e.